The van der Waals surface area contributed by atoms with E-state index in [0.717, 1.165) is 24.8 Å². The van der Waals surface area contributed by atoms with Crippen LogP contribution in [0.25, 0.3) is 0 Å². The van der Waals surface area contributed by atoms with E-state index in [2.05, 4.69) is 16.4 Å². The van der Waals surface area contributed by atoms with E-state index in [1.54, 1.807) is 25.1 Å². The van der Waals surface area contributed by atoms with Crippen molar-refractivity contribution in [2.24, 2.45) is 0 Å². The van der Waals surface area contributed by atoms with Gasteiger partial charge in [-0.15, -0.1) is 0 Å². The lowest BCUT2D eigenvalue weighted by molar-refractivity contribution is 0.111. The topological polar surface area (TPSA) is 95.3 Å². The van der Waals surface area contributed by atoms with Gasteiger partial charge in [-0.05, 0) is 50.8 Å². The number of nitriles is 1. The Labute approximate surface area is 171 Å². The van der Waals surface area contributed by atoms with Gasteiger partial charge in [0.05, 0.1) is 12.2 Å². The number of allylic oxidation sites excluding steroid dienone is 5. The van der Waals surface area contributed by atoms with Crippen LogP contribution >= 0.6 is 0 Å². The van der Waals surface area contributed by atoms with Gasteiger partial charge in [-0.25, -0.2) is 9.78 Å². The zero-order valence-corrected chi connectivity index (χ0v) is 17.1. The van der Waals surface area contributed by atoms with Crippen molar-refractivity contribution in [2.75, 3.05) is 18.1 Å². The largest absolute Gasteiger partial charge is 0.492 e. The van der Waals surface area contributed by atoms with E-state index in [9.17, 15) is 14.9 Å². The van der Waals surface area contributed by atoms with Gasteiger partial charge in [-0.3, -0.25) is 9.69 Å². The summed E-state index contributed by atoms with van der Waals surface area (Å²) in [5, 5.41) is 12.2. The Kier molecular flexibility index (Phi) is 8.16. The molecule has 7 heteroatoms. The molecule has 7 nitrogen and oxygen atoms in total. The van der Waals surface area contributed by atoms with E-state index < -0.39 is 0 Å². The quantitative estimate of drug-likeness (QED) is 0.326. The van der Waals surface area contributed by atoms with Crippen LogP contribution in [0, 0.1) is 11.3 Å². The number of pyridine rings is 1. The number of aromatic nitrogens is 1. The van der Waals surface area contributed by atoms with Crippen molar-refractivity contribution >= 4 is 18.1 Å². The lowest BCUT2D eigenvalue weighted by Gasteiger charge is -2.28. The highest BCUT2D eigenvalue weighted by atomic mass is 16.5. The van der Waals surface area contributed by atoms with Gasteiger partial charge >= 0.3 is 6.03 Å². The number of amides is 2. The Balaban J connectivity index is 2.26. The van der Waals surface area contributed by atoms with Crippen LogP contribution in [0.3, 0.4) is 0 Å². The molecule has 2 heterocycles. The molecule has 0 bridgehead atoms. The monoisotopic (exact) mass is 394 g/mol. The number of carbonyl (C=O) groups excluding carboxylic acids is 2. The van der Waals surface area contributed by atoms with Crippen LogP contribution in [0.1, 0.15) is 49.7 Å². The number of nitrogens with one attached hydrogen (secondary N) is 1. The van der Waals surface area contributed by atoms with E-state index in [0.29, 0.717) is 48.0 Å². The first kappa shape index (κ1) is 21.9. The van der Waals surface area contributed by atoms with Gasteiger partial charge in [-0.1, -0.05) is 19.1 Å². The van der Waals surface area contributed by atoms with Crippen molar-refractivity contribution in [2.45, 2.75) is 40.0 Å². The van der Waals surface area contributed by atoms with Crippen molar-refractivity contribution in [3.63, 3.8) is 0 Å². The number of ether oxygens (including phenoxy) is 1. The standard InChI is InChI=1S/C22H26N4O3/c1-4-6-8-18(14-23)20(29-5-2)13-16(3)24-22(28)26-12-7-9-17-10-11-19(15-27)25-21(17)26/h6,8,10-11,13,15H,4-5,7,9,12H2,1-3H3,(H,24,28)/b8-6+,16-13+,20-18-. The van der Waals surface area contributed by atoms with Crippen molar-refractivity contribution < 1.29 is 14.3 Å². The van der Waals surface area contributed by atoms with Gasteiger partial charge in [0.1, 0.15) is 23.3 Å². The number of urea groups is 1. The maximum absolute atomic E-state index is 12.8. The molecule has 1 aromatic heterocycles. The Hall–Kier alpha value is -3.40. The summed E-state index contributed by atoms with van der Waals surface area (Å²) >= 11 is 0. The molecule has 2 amide bonds. The molecule has 0 aliphatic carbocycles. The zero-order chi connectivity index (χ0) is 21.2. The van der Waals surface area contributed by atoms with Crippen LogP contribution in [-0.4, -0.2) is 30.5 Å². The van der Waals surface area contributed by atoms with E-state index in [1.807, 2.05) is 26.0 Å². The average molecular weight is 394 g/mol. The maximum Gasteiger partial charge on any atom is 0.327 e. The molecule has 0 radical (unpaired) electrons. The molecule has 29 heavy (non-hydrogen) atoms. The van der Waals surface area contributed by atoms with Gasteiger partial charge in [0.2, 0.25) is 0 Å². The predicted molar refractivity (Wildman–Crippen MR) is 111 cm³/mol. The second-order valence-corrected chi connectivity index (χ2v) is 6.48. The first-order valence-electron chi connectivity index (χ1n) is 9.69. The van der Waals surface area contributed by atoms with Gasteiger partial charge in [-0.2, -0.15) is 5.26 Å². The van der Waals surface area contributed by atoms with Crippen molar-refractivity contribution in [3.05, 3.63) is 58.6 Å². The van der Waals surface area contributed by atoms with Crippen LogP contribution in [-0.2, 0) is 11.2 Å². The Morgan fingerprint density at radius 2 is 2.21 bits per heavy atom. The summed E-state index contributed by atoms with van der Waals surface area (Å²) < 4.78 is 5.59. The molecule has 1 aliphatic heterocycles. The van der Waals surface area contributed by atoms with Gasteiger partial charge < -0.3 is 10.1 Å². The number of carbonyl (C=O) groups is 2. The second kappa shape index (κ2) is 10.8. The van der Waals surface area contributed by atoms with E-state index in [1.165, 1.54) is 4.90 Å². The van der Waals surface area contributed by atoms with Crippen LogP contribution in [0.2, 0.25) is 0 Å². The summed E-state index contributed by atoms with van der Waals surface area (Å²) in [7, 11) is 0. The molecule has 152 valence electrons. The first-order valence-corrected chi connectivity index (χ1v) is 9.69. The van der Waals surface area contributed by atoms with Crippen LogP contribution in [0.15, 0.2) is 47.4 Å². The summed E-state index contributed by atoms with van der Waals surface area (Å²) in [5.41, 5.74) is 2.15. The summed E-state index contributed by atoms with van der Waals surface area (Å²) in [5.74, 6) is 0.910. The van der Waals surface area contributed by atoms with Crippen molar-refractivity contribution in [1.29, 1.82) is 5.26 Å². The Morgan fingerprint density at radius 3 is 2.86 bits per heavy atom. The molecule has 0 saturated heterocycles. The fourth-order valence-corrected chi connectivity index (χ4v) is 2.95. The number of aldehydes is 1. The van der Waals surface area contributed by atoms with Crippen LogP contribution < -0.4 is 10.2 Å². The van der Waals surface area contributed by atoms with Gasteiger partial charge in [0.15, 0.2) is 6.29 Å². The summed E-state index contributed by atoms with van der Waals surface area (Å²) in [6, 6.07) is 5.28. The number of rotatable bonds is 7. The number of nitrogens with zero attached hydrogens (tertiary/aromatic N) is 3. The van der Waals surface area contributed by atoms with Gasteiger partial charge in [0, 0.05) is 18.3 Å². The minimum Gasteiger partial charge on any atom is -0.492 e. The third-order valence-electron chi connectivity index (χ3n) is 4.28. The molecule has 1 aromatic rings. The zero-order valence-electron chi connectivity index (χ0n) is 17.1. The first-order chi connectivity index (χ1) is 14.0. The summed E-state index contributed by atoms with van der Waals surface area (Å²) in [6.45, 7) is 6.46. The normalized spacial score (nSPS) is 14.7. The Morgan fingerprint density at radius 1 is 1.41 bits per heavy atom. The third kappa shape index (κ3) is 5.79. The SMILES string of the molecule is CC/C=C/C(C#N)=C(\C=C(/C)NC(=O)N1CCCc2ccc(C=O)nc21)OCC. The number of anilines is 1. The van der Waals surface area contributed by atoms with Crippen molar-refractivity contribution in [1.82, 2.24) is 10.3 Å². The fraction of sp³-hybridized carbons (Fsp3) is 0.364. The summed E-state index contributed by atoms with van der Waals surface area (Å²) in [4.78, 5) is 29.7. The van der Waals surface area contributed by atoms with Crippen LogP contribution in [0.5, 0.6) is 0 Å². The predicted octanol–water partition coefficient (Wildman–Crippen LogP) is 4.04. The molecule has 1 N–H and O–H groups in total. The molecule has 0 unspecified atom stereocenters. The molecule has 0 saturated carbocycles. The average Bonchev–Trinajstić information content (AvgIpc) is 2.73. The molecule has 1 aliphatic rings. The number of hydrogen-bond acceptors (Lipinski definition) is 5. The minimum absolute atomic E-state index is 0.290. The fourth-order valence-electron chi connectivity index (χ4n) is 2.95. The summed E-state index contributed by atoms with van der Waals surface area (Å²) in [6.07, 6.45) is 8.32. The number of hydrogen-bond donors (Lipinski definition) is 1. The van der Waals surface area contributed by atoms with E-state index in [4.69, 9.17) is 4.74 Å². The molecule has 0 fully saturated rings. The third-order valence-corrected chi connectivity index (χ3v) is 4.28. The van der Waals surface area contributed by atoms with Crippen molar-refractivity contribution in [3.8, 4) is 6.07 Å². The maximum atomic E-state index is 12.8. The van der Waals surface area contributed by atoms with Gasteiger partial charge in [0.25, 0.3) is 0 Å². The van der Waals surface area contributed by atoms with Crippen LogP contribution in [0.4, 0.5) is 10.6 Å². The van der Waals surface area contributed by atoms with E-state index in [-0.39, 0.29) is 6.03 Å². The lowest BCUT2D eigenvalue weighted by Crippen LogP contribution is -2.42. The number of fused-ring (bicyclic) bond motifs is 1. The minimum atomic E-state index is -0.339. The molecule has 0 atom stereocenters. The smallest absolute Gasteiger partial charge is 0.327 e. The highest BCUT2D eigenvalue weighted by Gasteiger charge is 2.24. The number of aryl methyl sites for hydroxylation is 1. The molecule has 0 spiro atoms. The molecular formula is C22H26N4O3. The highest BCUT2D eigenvalue weighted by Crippen LogP contribution is 2.25. The molecule has 0 aromatic carbocycles. The molecular weight excluding hydrogens is 368 g/mol. The highest BCUT2D eigenvalue weighted by molar-refractivity contribution is 5.93. The lowest BCUT2D eigenvalue weighted by atomic mass is 10.1. The molecule has 2 rings (SSSR count). The van der Waals surface area contributed by atoms with E-state index >= 15 is 0 Å². The second-order valence-electron chi connectivity index (χ2n) is 6.48. The Bertz CT molecular complexity index is 894.